The van der Waals surface area contributed by atoms with Gasteiger partial charge in [-0.15, -0.1) is 0 Å². The molecule has 0 radical (unpaired) electrons. The maximum Gasteiger partial charge on any atom is 0.266 e. The number of amides is 1. The maximum absolute atomic E-state index is 13.6. The second kappa shape index (κ2) is 6.84. The average molecular weight is 346 g/mol. The first-order valence-electron chi connectivity index (χ1n) is 7.23. The molecule has 24 heavy (non-hydrogen) atoms. The molecule has 2 aromatic carbocycles. The van der Waals surface area contributed by atoms with Crippen molar-refractivity contribution in [3.05, 3.63) is 48.3 Å². The summed E-state index contributed by atoms with van der Waals surface area (Å²) in [7, 11) is 1.56. The number of anilines is 1. The molecule has 1 amide bonds. The van der Waals surface area contributed by atoms with Crippen molar-refractivity contribution in [2.45, 2.75) is 13.0 Å². The first kappa shape index (κ1) is 16.2. The van der Waals surface area contributed by atoms with Gasteiger partial charge < -0.3 is 9.47 Å². The Morgan fingerprint density at radius 2 is 2.00 bits per heavy atom. The average Bonchev–Trinajstić information content (AvgIpc) is 2.99. The number of ether oxygens (including phenoxy) is 2. The van der Waals surface area contributed by atoms with Gasteiger partial charge in [0.15, 0.2) is 11.2 Å². The van der Waals surface area contributed by atoms with Gasteiger partial charge in [-0.05, 0) is 31.2 Å². The summed E-state index contributed by atoms with van der Waals surface area (Å²) in [5, 5.41) is 2.99. The second-order valence-electron chi connectivity index (χ2n) is 5.03. The minimum Gasteiger partial charge on any atom is -0.497 e. The van der Waals surface area contributed by atoms with E-state index in [1.165, 1.54) is 17.4 Å². The van der Waals surface area contributed by atoms with Crippen LogP contribution in [-0.4, -0.2) is 24.1 Å². The van der Waals surface area contributed by atoms with Crippen molar-refractivity contribution in [2.75, 3.05) is 12.4 Å². The largest absolute Gasteiger partial charge is 0.497 e. The maximum atomic E-state index is 13.6. The standard InChI is InChI=1S/C17H15FN2O3S/c1-10(23-12-6-3-5-11(9-12)22-2)16(21)20-17-19-15-13(18)7-4-8-14(15)24-17/h3-10H,1-2H3,(H,19,20,21). The molecule has 5 nitrogen and oxygen atoms in total. The number of carbonyl (C=O) groups excluding carboxylic acids is 1. The number of aromatic nitrogens is 1. The molecule has 124 valence electrons. The molecule has 1 aromatic heterocycles. The van der Waals surface area contributed by atoms with Crippen LogP contribution in [0.15, 0.2) is 42.5 Å². The van der Waals surface area contributed by atoms with Gasteiger partial charge >= 0.3 is 0 Å². The van der Waals surface area contributed by atoms with Gasteiger partial charge in [0.05, 0.1) is 11.8 Å². The van der Waals surface area contributed by atoms with Gasteiger partial charge in [0, 0.05) is 6.07 Å². The van der Waals surface area contributed by atoms with Crippen LogP contribution in [0.4, 0.5) is 9.52 Å². The van der Waals surface area contributed by atoms with Crippen molar-refractivity contribution in [2.24, 2.45) is 0 Å². The number of methoxy groups -OCH3 is 1. The molecule has 1 N–H and O–H groups in total. The number of nitrogens with one attached hydrogen (secondary N) is 1. The van der Waals surface area contributed by atoms with Gasteiger partial charge in [0.1, 0.15) is 22.8 Å². The molecule has 0 bridgehead atoms. The quantitative estimate of drug-likeness (QED) is 0.762. The molecular weight excluding hydrogens is 331 g/mol. The summed E-state index contributed by atoms with van der Waals surface area (Å²) in [5.74, 6) is 0.385. The Morgan fingerprint density at radius 1 is 1.25 bits per heavy atom. The lowest BCUT2D eigenvalue weighted by Gasteiger charge is -2.14. The SMILES string of the molecule is COc1cccc(OC(C)C(=O)Nc2nc3c(F)cccc3s2)c1. The summed E-state index contributed by atoms with van der Waals surface area (Å²) in [5.41, 5.74) is 0.249. The number of rotatable bonds is 5. The minimum absolute atomic E-state index is 0.249. The highest BCUT2D eigenvalue weighted by Gasteiger charge is 2.17. The molecule has 0 fully saturated rings. The second-order valence-corrected chi connectivity index (χ2v) is 6.06. The van der Waals surface area contributed by atoms with Crippen molar-refractivity contribution in [3.63, 3.8) is 0 Å². The van der Waals surface area contributed by atoms with E-state index in [0.717, 1.165) is 0 Å². The van der Waals surface area contributed by atoms with Crippen LogP contribution in [0.3, 0.4) is 0 Å². The Kier molecular flexibility index (Phi) is 4.61. The summed E-state index contributed by atoms with van der Waals surface area (Å²) in [6, 6.07) is 11.7. The van der Waals surface area contributed by atoms with Crippen LogP contribution in [-0.2, 0) is 4.79 Å². The fraction of sp³-hybridized carbons (Fsp3) is 0.176. The van der Waals surface area contributed by atoms with Crippen LogP contribution in [0.5, 0.6) is 11.5 Å². The normalized spacial score (nSPS) is 12.0. The topological polar surface area (TPSA) is 60.5 Å². The molecule has 0 saturated heterocycles. The van der Waals surface area contributed by atoms with Gasteiger partial charge in [0.25, 0.3) is 5.91 Å². The zero-order valence-corrected chi connectivity index (χ0v) is 13.9. The number of fused-ring (bicyclic) bond motifs is 1. The van der Waals surface area contributed by atoms with E-state index in [0.29, 0.717) is 21.3 Å². The van der Waals surface area contributed by atoms with E-state index in [1.807, 2.05) is 0 Å². The smallest absolute Gasteiger partial charge is 0.266 e. The number of para-hydroxylation sites is 1. The first-order chi connectivity index (χ1) is 11.6. The number of carbonyl (C=O) groups is 1. The lowest BCUT2D eigenvalue weighted by molar-refractivity contribution is -0.122. The third-order valence-corrected chi connectivity index (χ3v) is 4.26. The molecule has 1 heterocycles. The first-order valence-corrected chi connectivity index (χ1v) is 8.05. The number of benzene rings is 2. The van der Waals surface area contributed by atoms with Gasteiger partial charge in [-0.3, -0.25) is 10.1 Å². The molecule has 0 aliphatic carbocycles. The van der Waals surface area contributed by atoms with E-state index in [9.17, 15) is 9.18 Å². The lowest BCUT2D eigenvalue weighted by Crippen LogP contribution is -2.30. The number of hydrogen-bond acceptors (Lipinski definition) is 5. The van der Waals surface area contributed by atoms with Crippen LogP contribution < -0.4 is 14.8 Å². The molecule has 1 unspecified atom stereocenters. The Bertz CT molecular complexity index is 881. The van der Waals surface area contributed by atoms with E-state index in [-0.39, 0.29) is 11.4 Å². The molecule has 0 aliphatic heterocycles. The molecule has 3 rings (SSSR count). The summed E-state index contributed by atoms with van der Waals surface area (Å²) in [6.07, 6.45) is -0.742. The van der Waals surface area contributed by atoms with Crippen molar-refractivity contribution >= 4 is 32.6 Å². The zero-order chi connectivity index (χ0) is 17.1. The van der Waals surface area contributed by atoms with E-state index >= 15 is 0 Å². The molecular formula is C17H15FN2O3S. The molecule has 1 atom stereocenters. The number of halogens is 1. The highest BCUT2D eigenvalue weighted by atomic mass is 32.1. The summed E-state index contributed by atoms with van der Waals surface area (Å²) < 4.78 is 25.0. The molecule has 0 saturated carbocycles. The van der Waals surface area contributed by atoms with Gasteiger partial charge in [-0.25, -0.2) is 9.37 Å². The van der Waals surface area contributed by atoms with E-state index in [1.54, 1.807) is 50.4 Å². The fourth-order valence-electron chi connectivity index (χ4n) is 2.11. The zero-order valence-electron chi connectivity index (χ0n) is 13.1. The Balaban J connectivity index is 1.69. The van der Waals surface area contributed by atoms with Crippen LogP contribution in [0.25, 0.3) is 10.2 Å². The fourth-order valence-corrected chi connectivity index (χ4v) is 2.99. The lowest BCUT2D eigenvalue weighted by atomic mass is 10.3. The van der Waals surface area contributed by atoms with Crippen LogP contribution in [0.1, 0.15) is 6.92 Å². The van der Waals surface area contributed by atoms with Crippen molar-refractivity contribution in [1.82, 2.24) is 4.98 Å². The van der Waals surface area contributed by atoms with Crippen LogP contribution in [0, 0.1) is 5.82 Å². The van der Waals surface area contributed by atoms with E-state index in [2.05, 4.69) is 10.3 Å². The van der Waals surface area contributed by atoms with Gasteiger partial charge in [0.2, 0.25) is 0 Å². The highest BCUT2D eigenvalue weighted by molar-refractivity contribution is 7.22. The van der Waals surface area contributed by atoms with Gasteiger partial charge in [-0.2, -0.15) is 0 Å². The summed E-state index contributed by atoms with van der Waals surface area (Å²) in [6.45, 7) is 1.63. The molecule has 3 aromatic rings. The van der Waals surface area contributed by atoms with Crippen molar-refractivity contribution < 1.29 is 18.7 Å². The van der Waals surface area contributed by atoms with Crippen molar-refractivity contribution in [3.8, 4) is 11.5 Å². The van der Waals surface area contributed by atoms with Crippen LogP contribution in [0.2, 0.25) is 0 Å². The number of nitrogens with zero attached hydrogens (tertiary/aromatic N) is 1. The van der Waals surface area contributed by atoms with E-state index in [4.69, 9.17) is 9.47 Å². The van der Waals surface area contributed by atoms with Gasteiger partial charge in [-0.1, -0.05) is 23.5 Å². The summed E-state index contributed by atoms with van der Waals surface area (Å²) in [4.78, 5) is 16.3. The Labute approximate surface area is 142 Å². The Morgan fingerprint density at radius 3 is 2.75 bits per heavy atom. The van der Waals surface area contributed by atoms with Crippen molar-refractivity contribution in [1.29, 1.82) is 0 Å². The molecule has 0 spiro atoms. The Hall–Kier alpha value is -2.67. The van der Waals surface area contributed by atoms with Crippen LogP contribution >= 0.6 is 11.3 Å². The number of thiazole rings is 1. The van der Waals surface area contributed by atoms with E-state index < -0.39 is 11.9 Å². The minimum atomic E-state index is -0.742. The monoisotopic (exact) mass is 346 g/mol. The highest BCUT2D eigenvalue weighted by Crippen LogP contribution is 2.28. The molecule has 7 heteroatoms. The molecule has 0 aliphatic rings. The number of hydrogen-bond donors (Lipinski definition) is 1. The summed E-state index contributed by atoms with van der Waals surface area (Å²) >= 11 is 1.21. The third-order valence-electron chi connectivity index (χ3n) is 3.32. The predicted molar refractivity (Wildman–Crippen MR) is 91.3 cm³/mol. The predicted octanol–water partition coefficient (Wildman–Crippen LogP) is 3.85. The third kappa shape index (κ3) is 3.46.